The Bertz CT molecular complexity index is 202. The Kier molecular flexibility index (Phi) is 14.1. The van der Waals surface area contributed by atoms with Gasteiger partial charge in [0.1, 0.15) is 0 Å². The smallest absolute Gasteiger partial charge is 0.0712 e. The van der Waals surface area contributed by atoms with Gasteiger partial charge in [-0.1, -0.05) is 51.9 Å². The molecule has 0 aromatic rings. The summed E-state index contributed by atoms with van der Waals surface area (Å²) in [4.78, 5) is 0. The molecule has 0 bridgehead atoms. The number of nitrogens with one attached hydrogen (secondary N) is 1. The van der Waals surface area contributed by atoms with E-state index >= 15 is 0 Å². The maximum absolute atomic E-state index is 5.72. The van der Waals surface area contributed by atoms with Gasteiger partial charge >= 0.3 is 0 Å². The van der Waals surface area contributed by atoms with Crippen LogP contribution in [0.25, 0.3) is 0 Å². The lowest BCUT2D eigenvalue weighted by Gasteiger charge is -2.24. The Morgan fingerprint density at radius 3 is 1.29 bits per heavy atom. The Labute approximate surface area is 136 Å². The minimum atomic E-state index is -0.691. The van der Waals surface area contributed by atoms with Crippen LogP contribution in [-0.2, 0) is 9.47 Å². The lowest BCUT2D eigenvalue weighted by atomic mass is 10.4. The van der Waals surface area contributed by atoms with Crippen LogP contribution in [0.1, 0.15) is 40.5 Å². The molecule has 0 spiro atoms. The zero-order chi connectivity index (χ0) is 16.1. The van der Waals surface area contributed by atoms with Gasteiger partial charge in [-0.3, -0.25) is 0 Å². The molecule has 0 aromatic carbocycles. The van der Waals surface area contributed by atoms with E-state index in [1.165, 1.54) is 37.0 Å². The minimum absolute atomic E-state index is 0.541. The van der Waals surface area contributed by atoms with Gasteiger partial charge in [0.2, 0.25) is 0 Å². The summed E-state index contributed by atoms with van der Waals surface area (Å²) in [5.41, 5.74) is 1.08. The molecule has 0 aromatic heterocycles. The van der Waals surface area contributed by atoms with Crippen LogP contribution in [-0.4, -0.2) is 56.4 Å². The molecular weight excluding hydrogens is 294 g/mol. The summed E-state index contributed by atoms with van der Waals surface area (Å²) < 4.78 is 11.4. The van der Waals surface area contributed by atoms with Crippen LogP contribution in [0.15, 0.2) is 0 Å². The largest absolute Gasteiger partial charge is 0.385 e. The molecule has 1 N–H and O–H groups in total. The van der Waals surface area contributed by atoms with Crippen molar-refractivity contribution in [3.8, 4) is 0 Å². The second-order valence-electron chi connectivity index (χ2n) is 6.03. The average Bonchev–Trinajstić information content (AvgIpc) is 2.52. The molecule has 2 unspecified atom stereocenters. The first-order valence-electron chi connectivity index (χ1n) is 8.94. The molecule has 0 aliphatic rings. The van der Waals surface area contributed by atoms with Crippen LogP contribution in [0.5, 0.6) is 0 Å². The first kappa shape index (κ1) is 21.3. The number of rotatable bonds is 14. The van der Waals surface area contributed by atoms with Gasteiger partial charge in [-0.15, -0.1) is 0 Å². The fourth-order valence-electron chi connectivity index (χ4n) is 3.33. The third-order valence-corrected chi connectivity index (χ3v) is 12.5. The number of ether oxygens (including phenoxy) is 2. The Hall–Kier alpha value is 0.314. The van der Waals surface area contributed by atoms with Crippen molar-refractivity contribution in [1.29, 1.82) is 0 Å². The summed E-state index contributed by atoms with van der Waals surface area (Å²) in [7, 11) is 2.39. The maximum Gasteiger partial charge on any atom is 0.0712 e. The van der Waals surface area contributed by atoms with Crippen molar-refractivity contribution in [1.82, 2.24) is 5.32 Å². The molecule has 0 rings (SSSR count). The van der Waals surface area contributed by atoms with Crippen LogP contribution in [0.2, 0.25) is 24.2 Å². The van der Waals surface area contributed by atoms with Crippen molar-refractivity contribution in [3.63, 3.8) is 0 Å². The Morgan fingerprint density at radius 2 is 1.05 bits per heavy atom. The standard InChI is InChI=1S/C16H39NO2Si2/c1-7-20(8-2)15(18-5)11-13-17-14-12-16(19-6)21(9-3)10-4/h15-17,20-21H,7-14H2,1-6H3. The van der Waals surface area contributed by atoms with E-state index < -0.39 is 17.6 Å². The van der Waals surface area contributed by atoms with Crippen molar-refractivity contribution in [2.75, 3.05) is 27.3 Å². The van der Waals surface area contributed by atoms with E-state index in [2.05, 4.69) is 33.0 Å². The maximum atomic E-state index is 5.72. The van der Waals surface area contributed by atoms with Crippen molar-refractivity contribution in [2.45, 2.75) is 76.2 Å². The van der Waals surface area contributed by atoms with E-state index in [-0.39, 0.29) is 0 Å². The van der Waals surface area contributed by atoms with Gasteiger partial charge in [0.25, 0.3) is 0 Å². The topological polar surface area (TPSA) is 30.5 Å². The van der Waals surface area contributed by atoms with Crippen LogP contribution in [0.3, 0.4) is 0 Å². The molecule has 0 saturated heterocycles. The normalized spacial score (nSPS) is 14.9. The zero-order valence-corrected chi connectivity index (χ0v) is 17.6. The molecule has 0 fully saturated rings. The summed E-state index contributed by atoms with van der Waals surface area (Å²) in [6.45, 7) is 11.5. The highest BCUT2D eigenvalue weighted by Crippen LogP contribution is 2.11. The van der Waals surface area contributed by atoms with Crippen molar-refractivity contribution in [3.05, 3.63) is 0 Å². The first-order chi connectivity index (χ1) is 10.2. The molecule has 0 radical (unpaired) electrons. The molecule has 0 heterocycles. The highest BCUT2D eigenvalue weighted by atomic mass is 28.3. The number of hydrogen-bond acceptors (Lipinski definition) is 3. The lowest BCUT2D eigenvalue weighted by Crippen LogP contribution is -2.37. The number of hydrogen-bond donors (Lipinski definition) is 1. The van der Waals surface area contributed by atoms with Crippen molar-refractivity contribution < 1.29 is 9.47 Å². The van der Waals surface area contributed by atoms with Crippen LogP contribution in [0.4, 0.5) is 0 Å². The molecule has 21 heavy (non-hydrogen) atoms. The highest BCUT2D eigenvalue weighted by molar-refractivity contribution is 6.60. The van der Waals surface area contributed by atoms with Gasteiger partial charge in [0.15, 0.2) is 0 Å². The fraction of sp³-hybridized carbons (Fsp3) is 1.00. The predicted molar refractivity (Wildman–Crippen MR) is 99.9 cm³/mol. The SMILES string of the molecule is CC[SiH](CC)C(CCNCCC(OC)[SiH](CC)CC)OC. The monoisotopic (exact) mass is 333 g/mol. The summed E-state index contributed by atoms with van der Waals surface area (Å²) in [6, 6.07) is 5.39. The fourth-order valence-corrected chi connectivity index (χ4v) is 8.64. The van der Waals surface area contributed by atoms with Gasteiger partial charge in [-0.2, -0.15) is 0 Å². The second-order valence-corrected chi connectivity index (χ2v) is 13.8. The summed E-state index contributed by atoms with van der Waals surface area (Å²) in [5, 5.41) is 3.61. The van der Waals surface area contributed by atoms with Crippen molar-refractivity contribution in [2.24, 2.45) is 0 Å². The molecule has 3 nitrogen and oxygen atoms in total. The van der Waals surface area contributed by atoms with Gasteiger partial charge < -0.3 is 14.8 Å². The molecule has 0 amide bonds. The summed E-state index contributed by atoms with van der Waals surface area (Å²) >= 11 is 0. The van der Waals surface area contributed by atoms with Crippen LogP contribution in [0, 0.1) is 0 Å². The van der Waals surface area contributed by atoms with E-state index in [1.54, 1.807) is 0 Å². The molecule has 128 valence electrons. The summed E-state index contributed by atoms with van der Waals surface area (Å²) in [5.74, 6) is 0. The van der Waals surface area contributed by atoms with E-state index in [9.17, 15) is 0 Å². The second kappa shape index (κ2) is 13.9. The lowest BCUT2D eigenvalue weighted by molar-refractivity contribution is 0.146. The zero-order valence-electron chi connectivity index (χ0n) is 15.3. The van der Waals surface area contributed by atoms with Gasteiger partial charge in [0.05, 0.1) is 17.6 Å². The molecule has 0 saturated carbocycles. The van der Waals surface area contributed by atoms with Gasteiger partial charge in [0, 0.05) is 25.7 Å². The van der Waals surface area contributed by atoms with Crippen LogP contribution < -0.4 is 5.32 Å². The van der Waals surface area contributed by atoms with E-state index in [0.717, 1.165) is 13.1 Å². The quantitative estimate of drug-likeness (QED) is 0.391. The number of methoxy groups -OCH3 is 2. The third-order valence-electron chi connectivity index (χ3n) is 4.97. The van der Waals surface area contributed by atoms with Gasteiger partial charge in [-0.05, 0) is 25.9 Å². The summed E-state index contributed by atoms with van der Waals surface area (Å²) in [6.07, 6.45) is 2.35. The first-order valence-corrected chi connectivity index (χ1v) is 13.5. The Morgan fingerprint density at radius 1 is 0.714 bits per heavy atom. The van der Waals surface area contributed by atoms with Gasteiger partial charge in [-0.25, -0.2) is 0 Å². The molecule has 0 aliphatic carbocycles. The molecular formula is C16H39NO2Si2. The Balaban J connectivity index is 3.92. The van der Waals surface area contributed by atoms with Crippen molar-refractivity contribution >= 4 is 17.6 Å². The predicted octanol–water partition coefficient (Wildman–Crippen LogP) is 3.00. The van der Waals surface area contributed by atoms with E-state index in [4.69, 9.17) is 9.47 Å². The molecule has 2 atom stereocenters. The highest BCUT2D eigenvalue weighted by Gasteiger charge is 2.20. The average molecular weight is 334 g/mol. The van der Waals surface area contributed by atoms with E-state index in [0.29, 0.717) is 11.5 Å². The van der Waals surface area contributed by atoms with E-state index in [1.807, 2.05) is 14.2 Å². The third kappa shape index (κ3) is 8.50. The van der Waals surface area contributed by atoms with Crippen LogP contribution >= 0.6 is 0 Å². The molecule has 0 aliphatic heterocycles. The minimum Gasteiger partial charge on any atom is -0.385 e. The molecule has 5 heteroatoms.